The summed E-state index contributed by atoms with van der Waals surface area (Å²) >= 11 is 13.7. The summed E-state index contributed by atoms with van der Waals surface area (Å²) in [5.41, 5.74) is 0.905. The molecule has 1 aliphatic rings. The number of nitrogens with zero attached hydrogens (tertiary/aromatic N) is 2. The van der Waals surface area contributed by atoms with Gasteiger partial charge in [0.2, 0.25) is 15.9 Å². The molecule has 1 N–H and O–H groups in total. The first kappa shape index (κ1) is 23.5. The number of amides is 1. The molecule has 0 bridgehead atoms. The molecule has 0 saturated carbocycles. The monoisotopic (exact) mass is 489 g/mol. The highest BCUT2D eigenvalue weighted by molar-refractivity contribution is 7.89. The van der Waals surface area contributed by atoms with E-state index in [4.69, 9.17) is 23.2 Å². The fourth-order valence-corrected chi connectivity index (χ4v) is 6.27. The van der Waals surface area contributed by atoms with Crippen molar-refractivity contribution in [2.45, 2.75) is 39.0 Å². The molecule has 1 amide bonds. The van der Waals surface area contributed by atoms with E-state index in [1.807, 2.05) is 13.0 Å². The highest BCUT2D eigenvalue weighted by atomic mass is 35.5. The lowest BCUT2D eigenvalue weighted by atomic mass is 9.97. The van der Waals surface area contributed by atoms with Gasteiger partial charge < -0.3 is 5.32 Å². The van der Waals surface area contributed by atoms with Gasteiger partial charge in [-0.1, -0.05) is 36.5 Å². The van der Waals surface area contributed by atoms with Gasteiger partial charge in [-0.25, -0.2) is 17.7 Å². The number of benzene rings is 1. The Balaban J connectivity index is 1.53. The molecular formula is C20H25Cl2N3O3S2. The predicted molar refractivity (Wildman–Crippen MR) is 123 cm³/mol. The van der Waals surface area contributed by atoms with Gasteiger partial charge in [-0.3, -0.25) is 4.79 Å². The Morgan fingerprint density at radius 3 is 2.73 bits per heavy atom. The van der Waals surface area contributed by atoms with Gasteiger partial charge in [-0.2, -0.15) is 0 Å². The van der Waals surface area contributed by atoms with Crippen LogP contribution in [-0.4, -0.2) is 42.5 Å². The van der Waals surface area contributed by atoms with E-state index < -0.39 is 10.0 Å². The molecule has 30 heavy (non-hydrogen) atoms. The molecule has 0 spiro atoms. The van der Waals surface area contributed by atoms with E-state index in [0.717, 1.165) is 16.9 Å². The van der Waals surface area contributed by atoms with Gasteiger partial charge in [-0.05, 0) is 43.0 Å². The quantitative estimate of drug-likeness (QED) is 0.576. The summed E-state index contributed by atoms with van der Waals surface area (Å²) < 4.78 is 26.1. The van der Waals surface area contributed by atoms with Crippen LogP contribution in [0.15, 0.2) is 24.4 Å². The summed E-state index contributed by atoms with van der Waals surface area (Å²) in [5.74, 6) is -0.140. The maximum Gasteiger partial charge on any atom is 0.229 e. The Bertz CT molecular complexity index is 987. The summed E-state index contributed by atoms with van der Waals surface area (Å²) in [4.78, 5) is 17.9. The number of anilines is 1. The number of hydrogen-bond acceptors (Lipinski definition) is 5. The SMILES string of the molecule is CCCCS(=O)(=O)N1CCC(C(=O)Nc2ncc(Cc3cc(Cl)ccc3Cl)s2)CC1. The van der Waals surface area contributed by atoms with E-state index >= 15 is 0 Å². The lowest BCUT2D eigenvalue weighted by Crippen LogP contribution is -2.42. The Kier molecular flexibility index (Phi) is 8.15. The zero-order valence-electron chi connectivity index (χ0n) is 16.7. The molecule has 3 rings (SSSR count). The van der Waals surface area contributed by atoms with E-state index in [0.29, 0.717) is 53.9 Å². The number of halogens is 2. The van der Waals surface area contributed by atoms with Gasteiger partial charge in [-0.15, -0.1) is 11.3 Å². The van der Waals surface area contributed by atoms with Crippen LogP contribution < -0.4 is 5.32 Å². The standard InChI is InChI=1S/C20H25Cl2N3O3S2/c1-2-3-10-30(27,28)25-8-6-14(7-9-25)19(26)24-20-23-13-17(29-20)12-15-11-16(21)4-5-18(15)22/h4-5,11,13-14H,2-3,6-10,12H2,1H3,(H,23,24,26). The number of piperidine rings is 1. The van der Waals surface area contributed by atoms with E-state index in [2.05, 4.69) is 10.3 Å². The van der Waals surface area contributed by atoms with Crippen LogP contribution in [-0.2, 0) is 21.2 Å². The number of aromatic nitrogens is 1. The van der Waals surface area contributed by atoms with E-state index in [-0.39, 0.29) is 17.6 Å². The molecule has 0 atom stereocenters. The minimum atomic E-state index is -3.22. The average molecular weight is 490 g/mol. The van der Waals surface area contributed by atoms with Crippen molar-refractivity contribution in [2.24, 2.45) is 5.92 Å². The zero-order chi connectivity index (χ0) is 21.7. The zero-order valence-corrected chi connectivity index (χ0v) is 19.9. The highest BCUT2D eigenvalue weighted by Gasteiger charge is 2.31. The Hall–Kier alpha value is -1.19. The first-order valence-electron chi connectivity index (χ1n) is 9.96. The van der Waals surface area contributed by atoms with Gasteiger partial charge >= 0.3 is 0 Å². The number of thiazole rings is 1. The first-order valence-corrected chi connectivity index (χ1v) is 13.1. The molecular weight excluding hydrogens is 465 g/mol. The number of sulfonamides is 1. The summed E-state index contributed by atoms with van der Waals surface area (Å²) in [6.45, 7) is 2.75. The predicted octanol–water partition coefficient (Wildman–Crippen LogP) is 4.82. The third-order valence-electron chi connectivity index (χ3n) is 5.13. The summed E-state index contributed by atoms with van der Waals surface area (Å²) in [6.07, 6.45) is 4.86. The molecule has 10 heteroatoms. The molecule has 0 aliphatic carbocycles. The summed E-state index contributed by atoms with van der Waals surface area (Å²) in [5, 5.41) is 4.67. The Morgan fingerprint density at radius 1 is 1.30 bits per heavy atom. The normalized spacial score (nSPS) is 16.0. The molecule has 2 heterocycles. The Morgan fingerprint density at radius 2 is 2.03 bits per heavy atom. The number of nitrogens with one attached hydrogen (secondary N) is 1. The van der Waals surface area contributed by atoms with Crippen molar-refractivity contribution in [3.8, 4) is 0 Å². The minimum Gasteiger partial charge on any atom is -0.302 e. The molecule has 1 fully saturated rings. The molecule has 0 unspecified atom stereocenters. The van der Waals surface area contributed by atoms with Gasteiger partial charge in [0.15, 0.2) is 5.13 Å². The fraction of sp³-hybridized carbons (Fsp3) is 0.500. The molecule has 6 nitrogen and oxygen atoms in total. The second-order valence-electron chi connectivity index (χ2n) is 7.38. The number of carbonyl (C=O) groups excluding carboxylic acids is 1. The van der Waals surface area contributed by atoms with Crippen LogP contribution in [0.4, 0.5) is 5.13 Å². The van der Waals surface area contributed by atoms with Crippen LogP contribution in [0.5, 0.6) is 0 Å². The fourth-order valence-electron chi connectivity index (χ4n) is 3.37. The second-order valence-corrected chi connectivity index (χ2v) is 11.4. The lowest BCUT2D eigenvalue weighted by molar-refractivity contribution is -0.120. The second kappa shape index (κ2) is 10.4. The molecule has 2 aromatic rings. The highest BCUT2D eigenvalue weighted by Crippen LogP contribution is 2.28. The average Bonchev–Trinajstić information content (AvgIpc) is 3.16. The van der Waals surface area contributed by atoms with Crippen LogP contribution in [0.1, 0.15) is 43.0 Å². The van der Waals surface area contributed by atoms with Gasteiger partial charge in [0, 0.05) is 46.5 Å². The van der Waals surface area contributed by atoms with Gasteiger partial charge in [0.05, 0.1) is 5.75 Å². The van der Waals surface area contributed by atoms with Crippen molar-refractivity contribution in [3.63, 3.8) is 0 Å². The molecule has 1 saturated heterocycles. The largest absolute Gasteiger partial charge is 0.302 e. The van der Waals surface area contributed by atoms with Crippen molar-refractivity contribution in [3.05, 3.63) is 44.9 Å². The van der Waals surface area contributed by atoms with Crippen molar-refractivity contribution < 1.29 is 13.2 Å². The molecule has 1 aromatic heterocycles. The maximum atomic E-state index is 12.6. The number of carbonyl (C=O) groups is 1. The number of unbranched alkanes of at least 4 members (excludes halogenated alkanes) is 1. The van der Waals surface area contributed by atoms with Crippen molar-refractivity contribution in [1.82, 2.24) is 9.29 Å². The smallest absolute Gasteiger partial charge is 0.229 e. The van der Waals surface area contributed by atoms with Crippen molar-refractivity contribution in [1.29, 1.82) is 0 Å². The summed E-state index contributed by atoms with van der Waals surface area (Å²) in [6, 6.07) is 5.33. The Labute approximate surface area is 191 Å². The van der Waals surface area contributed by atoms with Gasteiger partial charge in [0.1, 0.15) is 0 Å². The third-order valence-corrected chi connectivity index (χ3v) is 8.60. The molecule has 0 radical (unpaired) electrons. The van der Waals surface area contributed by atoms with E-state index in [9.17, 15) is 13.2 Å². The van der Waals surface area contributed by atoms with Gasteiger partial charge in [0.25, 0.3) is 0 Å². The summed E-state index contributed by atoms with van der Waals surface area (Å²) in [7, 11) is -3.22. The van der Waals surface area contributed by atoms with Crippen LogP contribution in [0, 0.1) is 5.92 Å². The molecule has 1 aliphatic heterocycles. The van der Waals surface area contributed by atoms with Crippen LogP contribution >= 0.6 is 34.5 Å². The number of rotatable bonds is 8. The number of hydrogen-bond donors (Lipinski definition) is 1. The maximum absolute atomic E-state index is 12.6. The first-order chi connectivity index (χ1) is 14.3. The van der Waals surface area contributed by atoms with E-state index in [1.165, 1.54) is 15.6 Å². The van der Waals surface area contributed by atoms with E-state index in [1.54, 1.807) is 18.3 Å². The molecule has 1 aromatic carbocycles. The van der Waals surface area contributed by atoms with Crippen LogP contribution in [0.2, 0.25) is 10.0 Å². The topological polar surface area (TPSA) is 79.4 Å². The van der Waals surface area contributed by atoms with Crippen molar-refractivity contribution in [2.75, 3.05) is 24.2 Å². The molecule has 164 valence electrons. The van der Waals surface area contributed by atoms with Crippen LogP contribution in [0.3, 0.4) is 0 Å². The third kappa shape index (κ3) is 6.17. The van der Waals surface area contributed by atoms with Crippen molar-refractivity contribution >= 4 is 55.6 Å². The van der Waals surface area contributed by atoms with Crippen LogP contribution in [0.25, 0.3) is 0 Å². The minimum absolute atomic E-state index is 0.109. The lowest BCUT2D eigenvalue weighted by Gasteiger charge is -2.30.